The maximum Gasteiger partial charge on any atom is 0.338 e. The lowest BCUT2D eigenvalue weighted by molar-refractivity contribution is -0.384. The Balaban J connectivity index is 0.00000193. The number of carbonyl (C=O) groups excluding carboxylic acids is 1. The second kappa shape index (κ2) is 11.2. The van der Waals surface area contributed by atoms with Crippen LogP contribution in [0.1, 0.15) is 17.3 Å². The Bertz CT molecular complexity index is 1250. The van der Waals surface area contributed by atoms with Crippen molar-refractivity contribution in [2.75, 3.05) is 6.61 Å². The van der Waals surface area contributed by atoms with Gasteiger partial charge in [-0.15, -0.1) is 35.0 Å². The van der Waals surface area contributed by atoms with Crippen LogP contribution >= 0.6 is 24.8 Å². The predicted octanol–water partition coefficient (Wildman–Crippen LogP) is 5.53. The molecule has 0 aliphatic rings. The highest BCUT2D eigenvalue weighted by Crippen LogP contribution is 2.31. The smallest absolute Gasteiger partial charge is 0.338 e. The van der Waals surface area contributed by atoms with Crippen molar-refractivity contribution < 1.29 is 14.5 Å². The largest absolute Gasteiger partial charge is 0.462 e. The van der Waals surface area contributed by atoms with Gasteiger partial charge in [-0.25, -0.2) is 4.79 Å². The molecule has 4 rings (SSSR count). The van der Waals surface area contributed by atoms with Gasteiger partial charge in [-0.3, -0.25) is 14.7 Å². The van der Waals surface area contributed by atoms with Crippen molar-refractivity contribution >= 4 is 36.5 Å². The molecule has 0 radical (unpaired) electrons. The van der Waals surface area contributed by atoms with Gasteiger partial charge in [0.05, 0.1) is 17.1 Å². The van der Waals surface area contributed by atoms with Crippen LogP contribution in [0.25, 0.3) is 28.5 Å². The zero-order valence-corrected chi connectivity index (χ0v) is 19.1. The van der Waals surface area contributed by atoms with E-state index >= 15 is 0 Å². The molecule has 0 bridgehead atoms. The average Bonchev–Trinajstić information content (AvgIpc) is 3.25. The Hall–Kier alpha value is -3.75. The second-order valence-corrected chi connectivity index (χ2v) is 6.59. The summed E-state index contributed by atoms with van der Waals surface area (Å²) in [6, 6.07) is 22.6. The number of hydrogen-bond acceptors (Lipinski definition) is 6. The van der Waals surface area contributed by atoms with E-state index in [1.807, 2.05) is 30.3 Å². The number of esters is 1. The van der Waals surface area contributed by atoms with Gasteiger partial charge in [0.15, 0.2) is 11.6 Å². The van der Waals surface area contributed by atoms with Gasteiger partial charge in [-0.05, 0) is 25.1 Å². The monoisotopic (exact) mass is 486 g/mol. The van der Waals surface area contributed by atoms with E-state index < -0.39 is 10.9 Å². The van der Waals surface area contributed by atoms with Crippen LogP contribution in [0.5, 0.6) is 0 Å². The summed E-state index contributed by atoms with van der Waals surface area (Å²) in [7, 11) is 0. The molecule has 0 amide bonds. The average molecular weight is 487 g/mol. The molecule has 0 saturated carbocycles. The van der Waals surface area contributed by atoms with Gasteiger partial charge in [0.2, 0.25) is 0 Å². The van der Waals surface area contributed by atoms with Crippen LogP contribution in [0.2, 0.25) is 0 Å². The van der Waals surface area contributed by atoms with Crippen LogP contribution in [-0.2, 0) is 4.74 Å². The van der Waals surface area contributed by atoms with Gasteiger partial charge < -0.3 is 4.74 Å². The number of nitrogens with zero attached hydrogens (tertiary/aromatic N) is 4. The third-order valence-electron chi connectivity index (χ3n) is 4.68. The number of halogens is 2. The Morgan fingerprint density at radius 2 is 1.52 bits per heavy atom. The third kappa shape index (κ3) is 5.19. The third-order valence-corrected chi connectivity index (χ3v) is 4.68. The van der Waals surface area contributed by atoms with Crippen molar-refractivity contribution in [3.05, 3.63) is 94.5 Å². The molecule has 1 heterocycles. The molecule has 33 heavy (non-hydrogen) atoms. The fourth-order valence-electron chi connectivity index (χ4n) is 3.27. The summed E-state index contributed by atoms with van der Waals surface area (Å²) >= 11 is 0. The summed E-state index contributed by atoms with van der Waals surface area (Å²) in [5, 5.41) is 19.8. The van der Waals surface area contributed by atoms with Crippen LogP contribution in [0.15, 0.2) is 78.9 Å². The van der Waals surface area contributed by atoms with Crippen LogP contribution in [0.3, 0.4) is 0 Å². The number of benzene rings is 3. The minimum atomic E-state index is -0.461. The summed E-state index contributed by atoms with van der Waals surface area (Å²) in [6.45, 7) is 1.99. The molecule has 8 nitrogen and oxygen atoms in total. The molecule has 0 atom stereocenters. The van der Waals surface area contributed by atoms with E-state index in [4.69, 9.17) is 4.74 Å². The SMILES string of the molecule is CCOC(=O)c1ccccc1-c1nnc(-c2ccccc2)n1-c1ccc([N+](=O)[O-])cc1.Cl.Cl. The molecule has 1 aromatic heterocycles. The van der Waals surface area contributed by atoms with E-state index in [9.17, 15) is 14.9 Å². The van der Waals surface area contributed by atoms with Gasteiger partial charge in [0.25, 0.3) is 5.69 Å². The van der Waals surface area contributed by atoms with Crippen molar-refractivity contribution in [3.8, 4) is 28.5 Å². The Morgan fingerprint density at radius 1 is 0.909 bits per heavy atom. The van der Waals surface area contributed by atoms with Crippen LogP contribution < -0.4 is 0 Å². The molecule has 0 N–H and O–H groups in total. The summed E-state index contributed by atoms with van der Waals surface area (Å²) in [5.74, 6) is 0.511. The number of nitro groups is 1. The Kier molecular flexibility index (Phi) is 8.67. The highest BCUT2D eigenvalue weighted by Gasteiger charge is 2.22. The number of non-ortho nitro benzene ring substituents is 1. The molecule has 0 saturated heterocycles. The summed E-state index contributed by atoms with van der Waals surface area (Å²) < 4.78 is 6.97. The lowest BCUT2D eigenvalue weighted by atomic mass is 10.1. The first kappa shape index (κ1) is 25.5. The molecule has 0 aliphatic carbocycles. The molecule has 0 spiro atoms. The van der Waals surface area contributed by atoms with Gasteiger partial charge in [-0.2, -0.15) is 0 Å². The standard InChI is InChI=1S/C23H18N4O4.2ClH/c1-2-31-23(28)20-11-7-6-10-19(20)22-25-24-21(16-8-4-3-5-9-16)26(22)17-12-14-18(15-13-17)27(29)30;;/h3-15H,2H2,1H3;2*1H. The second-order valence-electron chi connectivity index (χ2n) is 6.59. The predicted molar refractivity (Wildman–Crippen MR) is 129 cm³/mol. The van der Waals surface area contributed by atoms with Crippen LogP contribution in [-0.4, -0.2) is 32.3 Å². The quantitative estimate of drug-likeness (QED) is 0.201. The minimum absolute atomic E-state index is 0. The first-order valence-corrected chi connectivity index (χ1v) is 9.62. The molecular formula is C23H20Cl2N4O4. The normalized spacial score (nSPS) is 9.97. The number of aromatic nitrogens is 3. The maximum absolute atomic E-state index is 12.5. The summed E-state index contributed by atoms with van der Waals surface area (Å²) in [5.41, 5.74) is 2.33. The molecule has 0 aliphatic heterocycles. The van der Waals surface area contributed by atoms with Crippen molar-refractivity contribution in [1.29, 1.82) is 0 Å². The Morgan fingerprint density at radius 3 is 2.15 bits per heavy atom. The van der Waals surface area contributed by atoms with Crippen molar-refractivity contribution in [1.82, 2.24) is 14.8 Å². The zero-order valence-electron chi connectivity index (χ0n) is 17.5. The van der Waals surface area contributed by atoms with Gasteiger partial charge in [-0.1, -0.05) is 48.5 Å². The van der Waals surface area contributed by atoms with E-state index in [0.29, 0.717) is 28.5 Å². The number of ether oxygens (including phenoxy) is 1. The van der Waals surface area contributed by atoms with E-state index in [0.717, 1.165) is 5.56 Å². The molecule has 10 heteroatoms. The highest BCUT2D eigenvalue weighted by molar-refractivity contribution is 5.96. The summed E-state index contributed by atoms with van der Waals surface area (Å²) in [4.78, 5) is 23.2. The Labute approximate surface area is 202 Å². The van der Waals surface area contributed by atoms with Crippen LogP contribution in [0.4, 0.5) is 5.69 Å². The number of carbonyl (C=O) groups is 1. The van der Waals surface area contributed by atoms with E-state index in [1.165, 1.54) is 12.1 Å². The number of nitro benzene ring substituents is 1. The topological polar surface area (TPSA) is 100 Å². The lowest BCUT2D eigenvalue weighted by Gasteiger charge is -2.13. The molecule has 170 valence electrons. The fraction of sp³-hybridized carbons (Fsp3) is 0.0870. The van der Waals surface area contributed by atoms with Crippen molar-refractivity contribution in [2.45, 2.75) is 6.92 Å². The molecule has 4 aromatic rings. The van der Waals surface area contributed by atoms with E-state index in [2.05, 4.69) is 10.2 Å². The van der Waals surface area contributed by atoms with Gasteiger partial charge in [0, 0.05) is 28.9 Å². The van der Waals surface area contributed by atoms with Crippen molar-refractivity contribution in [3.63, 3.8) is 0 Å². The van der Waals surface area contributed by atoms with Crippen molar-refractivity contribution in [2.24, 2.45) is 0 Å². The highest BCUT2D eigenvalue weighted by atomic mass is 35.5. The molecular weight excluding hydrogens is 467 g/mol. The summed E-state index contributed by atoms with van der Waals surface area (Å²) in [6.07, 6.45) is 0. The maximum atomic E-state index is 12.5. The molecule has 3 aromatic carbocycles. The lowest BCUT2D eigenvalue weighted by Crippen LogP contribution is -2.08. The molecule has 0 unspecified atom stereocenters. The zero-order chi connectivity index (χ0) is 21.8. The first-order chi connectivity index (χ1) is 15.1. The van der Waals surface area contributed by atoms with Crippen LogP contribution in [0, 0.1) is 10.1 Å². The number of rotatable bonds is 6. The first-order valence-electron chi connectivity index (χ1n) is 9.62. The number of hydrogen-bond donors (Lipinski definition) is 0. The molecule has 0 fully saturated rings. The van der Waals surface area contributed by atoms with Gasteiger partial charge in [0.1, 0.15) is 0 Å². The van der Waals surface area contributed by atoms with E-state index in [-0.39, 0.29) is 37.1 Å². The fourth-order valence-corrected chi connectivity index (χ4v) is 3.27. The minimum Gasteiger partial charge on any atom is -0.462 e. The van der Waals surface area contributed by atoms with Gasteiger partial charge >= 0.3 is 5.97 Å². The van der Waals surface area contributed by atoms with E-state index in [1.54, 1.807) is 47.9 Å².